The van der Waals surface area contributed by atoms with Crippen molar-refractivity contribution in [3.05, 3.63) is 83.4 Å². The van der Waals surface area contributed by atoms with E-state index in [1.54, 1.807) is 12.1 Å². The Bertz CT molecular complexity index is 1120. The zero-order chi connectivity index (χ0) is 27.5. The normalized spacial score (nSPS) is 12.6. The van der Waals surface area contributed by atoms with Crippen LogP contribution in [0.25, 0.3) is 22.3 Å². The van der Waals surface area contributed by atoms with Gasteiger partial charge in [0, 0.05) is 5.56 Å². The molecule has 0 saturated heterocycles. The summed E-state index contributed by atoms with van der Waals surface area (Å²) in [5.74, 6) is -0.743. The molecule has 38 heavy (non-hydrogen) atoms. The third kappa shape index (κ3) is 9.07. The van der Waals surface area contributed by atoms with Crippen LogP contribution in [0.3, 0.4) is 0 Å². The molecule has 0 saturated carbocycles. The summed E-state index contributed by atoms with van der Waals surface area (Å²) in [6, 6.07) is 19.9. The molecule has 3 aromatic carbocycles. The molecular formula is C36H48F2. The highest BCUT2D eigenvalue weighted by molar-refractivity contribution is 5.83. The van der Waals surface area contributed by atoms with Crippen molar-refractivity contribution >= 4 is 0 Å². The molecule has 0 bridgehead atoms. The Hall–Kier alpha value is -2.48. The molecule has 0 aliphatic carbocycles. The van der Waals surface area contributed by atoms with Crippen LogP contribution < -0.4 is 0 Å². The number of benzene rings is 3. The Morgan fingerprint density at radius 3 is 1.95 bits per heavy atom. The zero-order valence-electron chi connectivity index (χ0n) is 24.4. The molecule has 1 unspecified atom stereocenters. The van der Waals surface area contributed by atoms with Gasteiger partial charge in [0.25, 0.3) is 0 Å². The fraction of sp³-hybridized carbons (Fsp3) is 0.500. The molecule has 206 valence electrons. The Morgan fingerprint density at radius 2 is 1.29 bits per heavy atom. The molecule has 3 aromatic rings. The molecule has 2 heteroatoms. The van der Waals surface area contributed by atoms with Gasteiger partial charge in [-0.15, -0.1) is 0 Å². The van der Waals surface area contributed by atoms with Crippen molar-refractivity contribution < 1.29 is 8.78 Å². The van der Waals surface area contributed by atoms with Crippen LogP contribution in [0.4, 0.5) is 8.78 Å². The summed E-state index contributed by atoms with van der Waals surface area (Å²) < 4.78 is 30.4. The summed E-state index contributed by atoms with van der Waals surface area (Å²) in [5.41, 5.74) is 5.19. The molecule has 0 spiro atoms. The lowest BCUT2D eigenvalue weighted by Gasteiger charge is -2.23. The van der Waals surface area contributed by atoms with Gasteiger partial charge in [0.2, 0.25) is 0 Å². The summed E-state index contributed by atoms with van der Waals surface area (Å²) in [5, 5.41) is 0. The topological polar surface area (TPSA) is 0 Å². The summed E-state index contributed by atoms with van der Waals surface area (Å²) in [4.78, 5) is 0. The number of hydrogen-bond acceptors (Lipinski definition) is 0. The van der Waals surface area contributed by atoms with E-state index < -0.39 is 11.6 Å². The predicted molar refractivity (Wildman–Crippen MR) is 160 cm³/mol. The first-order chi connectivity index (χ1) is 18.2. The van der Waals surface area contributed by atoms with Gasteiger partial charge in [0.15, 0.2) is 11.6 Å². The van der Waals surface area contributed by atoms with E-state index in [0.717, 1.165) is 36.0 Å². The van der Waals surface area contributed by atoms with Gasteiger partial charge in [-0.2, -0.15) is 0 Å². The molecule has 0 aliphatic rings. The quantitative estimate of drug-likeness (QED) is 0.186. The second-order valence-corrected chi connectivity index (χ2v) is 12.4. The van der Waals surface area contributed by atoms with Crippen molar-refractivity contribution in [2.45, 2.75) is 105 Å². The average Bonchev–Trinajstić information content (AvgIpc) is 2.89. The van der Waals surface area contributed by atoms with Crippen molar-refractivity contribution in [1.29, 1.82) is 0 Å². The van der Waals surface area contributed by atoms with Gasteiger partial charge < -0.3 is 0 Å². The van der Waals surface area contributed by atoms with Crippen LogP contribution in [0.5, 0.6) is 0 Å². The minimum Gasteiger partial charge on any atom is -0.203 e. The first-order valence-corrected chi connectivity index (χ1v) is 14.8. The summed E-state index contributed by atoms with van der Waals surface area (Å²) in [6.07, 6.45) is 12.2. The van der Waals surface area contributed by atoms with Crippen molar-refractivity contribution in [3.8, 4) is 22.3 Å². The van der Waals surface area contributed by atoms with Crippen molar-refractivity contribution in [1.82, 2.24) is 0 Å². The number of aryl methyl sites for hydroxylation is 2. The maximum atomic E-state index is 15.3. The highest BCUT2D eigenvalue weighted by Crippen LogP contribution is 2.35. The van der Waals surface area contributed by atoms with Crippen LogP contribution in [-0.4, -0.2) is 0 Å². The van der Waals surface area contributed by atoms with Gasteiger partial charge in [0.05, 0.1) is 0 Å². The van der Waals surface area contributed by atoms with Crippen molar-refractivity contribution in [3.63, 3.8) is 0 Å². The monoisotopic (exact) mass is 518 g/mol. The maximum absolute atomic E-state index is 15.3. The molecule has 1 atom stereocenters. The molecule has 0 radical (unpaired) electrons. The van der Waals surface area contributed by atoms with Crippen LogP contribution in [0.15, 0.2) is 60.7 Å². The van der Waals surface area contributed by atoms with Gasteiger partial charge in [-0.1, -0.05) is 134 Å². The van der Waals surface area contributed by atoms with Gasteiger partial charge in [-0.25, -0.2) is 8.78 Å². The van der Waals surface area contributed by atoms with Crippen LogP contribution in [0.1, 0.15) is 104 Å². The number of halogens is 2. The Labute approximate surface area is 230 Å². The fourth-order valence-corrected chi connectivity index (χ4v) is 5.64. The average molecular weight is 519 g/mol. The number of hydrogen-bond donors (Lipinski definition) is 0. The summed E-state index contributed by atoms with van der Waals surface area (Å²) >= 11 is 0. The molecule has 0 fully saturated rings. The third-order valence-corrected chi connectivity index (χ3v) is 7.58. The van der Waals surface area contributed by atoms with Crippen LogP contribution >= 0.6 is 0 Å². The highest BCUT2D eigenvalue weighted by Gasteiger charge is 2.18. The van der Waals surface area contributed by atoms with E-state index in [1.807, 2.05) is 24.3 Å². The zero-order valence-corrected chi connectivity index (χ0v) is 24.4. The third-order valence-electron chi connectivity index (χ3n) is 7.58. The highest BCUT2D eigenvalue weighted by atomic mass is 19.2. The van der Waals surface area contributed by atoms with E-state index in [4.69, 9.17) is 0 Å². The van der Waals surface area contributed by atoms with Gasteiger partial charge in [-0.05, 0) is 71.3 Å². The van der Waals surface area contributed by atoms with E-state index in [-0.39, 0.29) is 0 Å². The fourth-order valence-electron chi connectivity index (χ4n) is 5.64. The summed E-state index contributed by atoms with van der Waals surface area (Å²) in [7, 11) is 0. The first-order valence-electron chi connectivity index (χ1n) is 14.8. The first kappa shape index (κ1) is 30.1. The Balaban J connectivity index is 1.69. The molecule has 0 amide bonds. The van der Waals surface area contributed by atoms with Crippen molar-refractivity contribution in [2.75, 3.05) is 0 Å². The minimum absolute atomic E-state index is 0.335. The maximum Gasteiger partial charge on any atom is 0.166 e. The van der Waals surface area contributed by atoms with E-state index in [9.17, 15) is 0 Å². The lowest BCUT2D eigenvalue weighted by Crippen LogP contribution is -2.11. The van der Waals surface area contributed by atoms with Gasteiger partial charge in [0.1, 0.15) is 0 Å². The smallest absolute Gasteiger partial charge is 0.166 e. The molecule has 0 N–H and O–H groups in total. The number of unbranched alkanes of at least 4 members (excludes halogenated alkanes) is 6. The lowest BCUT2D eigenvalue weighted by molar-refractivity contribution is 0.297. The molecule has 3 rings (SSSR count). The second-order valence-electron chi connectivity index (χ2n) is 12.4. The SMILES string of the molecule is CCCCCCCCCc1ccc(-c2ccccc2-c2ccc(CCC(C)CC(C)(C)C)cc2)c(F)c1F. The van der Waals surface area contributed by atoms with E-state index in [1.165, 1.54) is 50.5 Å². The molecular weight excluding hydrogens is 470 g/mol. The molecule has 0 nitrogen and oxygen atoms in total. The van der Waals surface area contributed by atoms with E-state index in [0.29, 0.717) is 28.9 Å². The van der Waals surface area contributed by atoms with Crippen molar-refractivity contribution in [2.24, 2.45) is 11.3 Å². The summed E-state index contributed by atoms with van der Waals surface area (Å²) in [6.45, 7) is 11.5. The lowest BCUT2D eigenvalue weighted by atomic mass is 9.83. The minimum atomic E-state index is -0.734. The van der Waals surface area contributed by atoms with Gasteiger partial charge >= 0.3 is 0 Å². The van der Waals surface area contributed by atoms with Crippen LogP contribution in [-0.2, 0) is 12.8 Å². The molecule has 0 heterocycles. The Morgan fingerprint density at radius 1 is 0.658 bits per heavy atom. The second kappa shape index (κ2) is 14.6. The van der Waals surface area contributed by atoms with Crippen LogP contribution in [0, 0.1) is 23.0 Å². The largest absolute Gasteiger partial charge is 0.203 e. The Kier molecular flexibility index (Phi) is 11.6. The van der Waals surface area contributed by atoms with E-state index >= 15 is 8.78 Å². The van der Waals surface area contributed by atoms with Crippen LogP contribution in [0.2, 0.25) is 0 Å². The molecule has 0 aromatic heterocycles. The number of rotatable bonds is 14. The predicted octanol–water partition coefficient (Wildman–Crippen LogP) is 11.6. The van der Waals surface area contributed by atoms with Gasteiger partial charge in [-0.3, -0.25) is 0 Å². The molecule has 0 aliphatic heterocycles. The standard InChI is InChI=1S/C36H48F2/c1-6-7-8-9-10-11-12-15-30-24-25-33(35(38)34(30)37)32-17-14-13-16-31(32)29-22-20-28(21-23-29)19-18-27(2)26-36(3,4)5/h13-14,16-17,20-25,27H,6-12,15,18-19,26H2,1-5H3. The van der Waals surface area contributed by atoms with E-state index in [2.05, 4.69) is 58.9 Å².